The van der Waals surface area contributed by atoms with Crippen LogP contribution in [0.1, 0.15) is 33.1 Å². The first-order chi connectivity index (χ1) is 14.9. The molecular formula is C23H21N5O3. The number of hydrogen-bond acceptors (Lipinski definition) is 5. The second-order valence-electron chi connectivity index (χ2n) is 7.15. The van der Waals surface area contributed by atoms with Gasteiger partial charge < -0.3 is 5.11 Å². The number of carbonyl (C=O) groups is 1. The van der Waals surface area contributed by atoms with Crippen molar-refractivity contribution >= 4 is 23.0 Å². The molecule has 0 aliphatic carbocycles. The van der Waals surface area contributed by atoms with E-state index in [4.69, 9.17) is 0 Å². The molecule has 2 aromatic carbocycles. The van der Waals surface area contributed by atoms with Crippen LogP contribution in [-0.4, -0.2) is 31.6 Å². The predicted molar refractivity (Wildman–Crippen MR) is 119 cm³/mol. The topological polar surface area (TPSA) is 102 Å². The van der Waals surface area contributed by atoms with Crippen molar-refractivity contribution in [3.05, 3.63) is 93.3 Å². The van der Waals surface area contributed by atoms with Gasteiger partial charge in [0.05, 0.1) is 22.7 Å². The van der Waals surface area contributed by atoms with Crippen molar-refractivity contribution < 1.29 is 9.90 Å². The Morgan fingerprint density at radius 2 is 1.77 bits per heavy atom. The van der Waals surface area contributed by atoms with Gasteiger partial charge in [0.1, 0.15) is 11.6 Å². The van der Waals surface area contributed by atoms with E-state index in [9.17, 15) is 14.7 Å². The van der Waals surface area contributed by atoms with Crippen molar-refractivity contribution in [2.45, 2.75) is 20.8 Å². The molecule has 0 spiro atoms. The fourth-order valence-corrected chi connectivity index (χ4v) is 3.57. The van der Waals surface area contributed by atoms with Gasteiger partial charge in [-0.3, -0.25) is 14.3 Å². The number of para-hydroxylation sites is 2. The summed E-state index contributed by atoms with van der Waals surface area (Å²) in [5.41, 5.74) is 5.34. The molecule has 0 unspecified atom stereocenters. The van der Waals surface area contributed by atoms with Crippen LogP contribution in [0.5, 0.6) is 5.75 Å². The zero-order valence-electron chi connectivity index (χ0n) is 17.3. The third-order valence-electron chi connectivity index (χ3n) is 5.07. The molecule has 2 aromatic heterocycles. The van der Waals surface area contributed by atoms with E-state index in [1.807, 2.05) is 38.1 Å². The number of fused-ring (bicyclic) bond motifs is 1. The highest BCUT2D eigenvalue weighted by molar-refractivity contribution is 5.97. The molecule has 8 nitrogen and oxygen atoms in total. The molecule has 0 aliphatic rings. The standard InChI is InChI=1S/C23H21N5O3/c1-14-12-17(13-24-26-22(30)19-9-5-7-11-21(19)29)15(2)27(14)28-16(3)25-20-10-6-4-8-18(20)23(28)31/h4-13,29H,1-3H3,(H,26,30). The molecule has 0 atom stereocenters. The number of aryl methyl sites for hydroxylation is 2. The maximum absolute atomic E-state index is 13.1. The number of phenolic OH excluding ortho intramolecular Hbond substituents is 1. The van der Waals surface area contributed by atoms with Crippen molar-refractivity contribution in [2.75, 3.05) is 0 Å². The molecule has 2 heterocycles. The molecular weight excluding hydrogens is 394 g/mol. The minimum absolute atomic E-state index is 0.118. The van der Waals surface area contributed by atoms with Crippen molar-refractivity contribution in [1.29, 1.82) is 0 Å². The van der Waals surface area contributed by atoms with Crippen LogP contribution in [0.2, 0.25) is 0 Å². The number of carbonyl (C=O) groups excluding carboxylic acids is 1. The van der Waals surface area contributed by atoms with Crippen LogP contribution in [0, 0.1) is 20.8 Å². The van der Waals surface area contributed by atoms with Crippen LogP contribution in [-0.2, 0) is 0 Å². The van der Waals surface area contributed by atoms with E-state index >= 15 is 0 Å². The molecule has 0 radical (unpaired) electrons. The Hall–Kier alpha value is -4.20. The van der Waals surface area contributed by atoms with Crippen LogP contribution in [0.3, 0.4) is 0 Å². The van der Waals surface area contributed by atoms with Crippen molar-refractivity contribution in [3.63, 3.8) is 0 Å². The van der Waals surface area contributed by atoms with Crippen LogP contribution in [0.4, 0.5) is 0 Å². The van der Waals surface area contributed by atoms with Crippen molar-refractivity contribution in [2.24, 2.45) is 5.10 Å². The third-order valence-corrected chi connectivity index (χ3v) is 5.07. The van der Waals surface area contributed by atoms with Gasteiger partial charge in [0.25, 0.3) is 11.5 Å². The monoisotopic (exact) mass is 415 g/mol. The number of nitrogens with one attached hydrogen (secondary N) is 1. The number of hydrogen-bond donors (Lipinski definition) is 2. The first-order valence-corrected chi connectivity index (χ1v) is 9.68. The summed E-state index contributed by atoms with van der Waals surface area (Å²) >= 11 is 0. The molecule has 4 rings (SSSR count). The molecule has 0 aliphatic heterocycles. The van der Waals surface area contributed by atoms with Crippen molar-refractivity contribution in [1.82, 2.24) is 19.8 Å². The molecule has 0 bridgehead atoms. The van der Waals surface area contributed by atoms with Gasteiger partial charge in [-0.15, -0.1) is 0 Å². The number of nitrogens with zero attached hydrogens (tertiary/aromatic N) is 4. The minimum Gasteiger partial charge on any atom is -0.507 e. The third kappa shape index (κ3) is 3.59. The maximum Gasteiger partial charge on any atom is 0.280 e. The van der Waals surface area contributed by atoms with E-state index in [-0.39, 0.29) is 16.9 Å². The van der Waals surface area contributed by atoms with Crippen molar-refractivity contribution in [3.8, 4) is 5.75 Å². The van der Waals surface area contributed by atoms with Gasteiger partial charge in [0.15, 0.2) is 0 Å². The van der Waals surface area contributed by atoms with E-state index in [1.54, 1.807) is 29.8 Å². The summed E-state index contributed by atoms with van der Waals surface area (Å²) in [7, 11) is 0. The lowest BCUT2D eigenvalue weighted by atomic mass is 10.2. The highest BCUT2D eigenvalue weighted by atomic mass is 16.3. The molecule has 156 valence electrons. The smallest absolute Gasteiger partial charge is 0.280 e. The lowest BCUT2D eigenvalue weighted by Crippen LogP contribution is -2.30. The Morgan fingerprint density at radius 3 is 2.55 bits per heavy atom. The number of aromatic nitrogens is 3. The quantitative estimate of drug-likeness (QED) is 0.395. The number of aromatic hydroxyl groups is 1. The van der Waals surface area contributed by atoms with Gasteiger partial charge >= 0.3 is 0 Å². The van der Waals surface area contributed by atoms with Gasteiger partial charge in [-0.2, -0.15) is 9.78 Å². The number of phenols is 1. The fraction of sp³-hybridized carbons (Fsp3) is 0.130. The van der Waals surface area contributed by atoms with E-state index in [1.165, 1.54) is 23.0 Å². The molecule has 4 aromatic rings. The summed E-state index contributed by atoms with van der Waals surface area (Å²) in [6.45, 7) is 5.53. The van der Waals surface area contributed by atoms with Crippen LogP contribution >= 0.6 is 0 Å². The summed E-state index contributed by atoms with van der Waals surface area (Å²) in [5, 5.41) is 14.3. The lowest BCUT2D eigenvalue weighted by Gasteiger charge is -2.16. The van der Waals surface area contributed by atoms with Crippen LogP contribution in [0.25, 0.3) is 10.9 Å². The first kappa shape index (κ1) is 20.1. The fourth-order valence-electron chi connectivity index (χ4n) is 3.57. The Balaban J connectivity index is 1.68. The van der Waals surface area contributed by atoms with Gasteiger partial charge in [0, 0.05) is 17.0 Å². The largest absolute Gasteiger partial charge is 0.507 e. The summed E-state index contributed by atoms with van der Waals surface area (Å²) < 4.78 is 3.31. The van der Waals surface area contributed by atoms with E-state index in [0.717, 1.165) is 17.0 Å². The SMILES string of the molecule is Cc1cc(C=NNC(=O)c2ccccc2O)c(C)n1-n1c(C)nc2ccccc2c1=O. The summed E-state index contributed by atoms with van der Waals surface area (Å²) in [5.74, 6) is -0.0807. The van der Waals surface area contributed by atoms with Gasteiger partial charge in [-0.25, -0.2) is 10.4 Å². The first-order valence-electron chi connectivity index (χ1n) is 9.68. The molecule has 0 fully saturated rings. The second kappa shape index (κ2) is 7.91. The Kier molecular flexibility index (Phi) is 5.12. The Morgan fingerprint density at radius 1 is 1.06 bits per heavy atom. The van der Waals surface area contributed by atoms with Crippen LogP contribution < -0.4 is 11.0 Å². The lowest BCUT2D eigenvalue weighted by molar-refractivity contribution is 0.0952. The van der Waals surface area contributed by atoms with E-state index in [0.29, 0.717) is 16.7 Å². The molecule has 2 N–H and O–H groups in total. The van der Waals surface area contributed by atoms with Gasteiger partial charge in [0.2, 0.25) is 0 Å². The van der Waals surface area contributed by atoms with Gasteiger partial charge in [-0.1, -0.05) is 24.3 Å². The molecule has 8 heteroatoms. The second-order valence-corrected chi connectivity index (χ2v) is 7.15. The maximum atomic E-state index is 13.1. The molecule has 0 saturated heterocycles. The Labute approximate surface area is 178 Å². The number of amides is 1. The van der Waals surface area contributed by atoms with E-state index in [2.05, 4.69) is 15.5 Å². The average Bonchev–Trinajstić information content (AvgIpc) is 3.02. The van der Waals surface area contributed by atoms with Gasteiger partial charge in [-0.05, 0) is 51.1 Å². The minimum atomic E-state index is -0.519. The predicted octanol–water partition coefficient (Wildman–Crippen LogP) is 2.90. The highest BCUT2D eigenvalue weighted by Crippen LogP contribution is 2.17. The summed E-state index contributed by atoms with van der Waals surface area (Å²) in [6, 6.07) is 15.3. The molecule has 0 saturated carbocycles. The highest BCUT2D eigenvalue weighted by Gasteiger charge is 2.15. The number of rotatable bonds is 4. The molecule has 1 amide bonds. The normalized spacial score (nSPS) is 11.3. The molecule has 31 heavy (non-hydrogen) atoms. The van der Waals surface area contributed by atoms with Crippen LogP contribution in [0.15, 0.2) is 64.5 Å². The number of hydrazone groups is 1. The Bertz CT molecular complexity index is 1400. The summed E-state index contributed by atoms with van der Waals surface area (Å²) in [4.78, 5) is 29.9. The zero-order valence-corrected chi connectivity index (χ0v) is 17.3. The summed E-state index contributed by atoms with van der Waals surface area (Å²) in [6.07, 6.45) is 1.51. The zero-order chi connectivity index (χ0) is 22.1. The van der Waals surface area contributed by atoms with E-state index < -0.39 is 5.91 Å². The number of benzene rings is 2. The average molecular weight is 415 g/mol.